The molecule has 1 N–H and O–H groups in total. The first-order valence-electron chi connectivity index (χ1n) is 4.38. The molecule has 2 rings (SSSR count). The third-order valence-electron chi connectivity index (χ3n) is 2.28. The zero-order chi connectivity index (χ0) is 10.1. The monoisotopic (exact) mass is 186 g/mol. The molecule has 0 saturated carbocycles. The fraction of sp³-hybridized carbons (Fsp3) is 0.182. The average molecular weight is 186 g/mol. The van der Waals surface area contributed by atoms with Crippen molar-refractivity contribution in [2.75, 3.05) is 0 Å². The highest BCUT2D eigenvalue weighted by atomic mass is 16.1. The number of nitrogens with one attached hydrogen (secondary N) is 1. The van der Waals surface area contributed by atoms with E-state index in [0.717, 1.165) is 22.0 Å². The maximum absolute atomic E-state index is 10.2. The molecule has 2 aromatic rings. The first kappa shape index (κ1) is 8.73. The van der Waals surface area contributed by atoms with E-state index in [0.29, 0.717) is 5.69 Å². The van der Waals surface area contributed by atoms with Gasteiger partial charge in [-0.25, -0.2) is 4.79 Å². The summed E-state index contributed by atoms with van der Waals surface area (Å²) in [5, 5.41) is 0.978. The molecule has 1 aromatic carbocycles. The van der Waals surface area contributed by atoms with Crippen LogP contribution in [0.2, 0.25) is 0 Å². The first-order chi connectivity index (χ1) is 6.72. The number of carbonyl (C=O) groups excluding carboxylic acids is 1. The van der Waals surface area contributed by atoms with Crippen LogP contribution in [0.15, 0.2) is 23.3 Å². The maximum atomic E-state index is 10.2. The van der Waals surface area contributed by atoms with Crippen LogP contribution in [0.25, 0.3) is 10.9 Å². The number of aliphatic imine (C=N–C) groups is 1. The summed E-state index contributed by atoms with van der Waals surface area (Å²) in [4.78, 5) is 16.9. The Morgan fingerprint density at radius 3 is 2.86 bits per heavy atom. The van der Waals surface area contributed by atoms with Gasteiger partial charge in [-0.05, 0) is 25.5 Å². The zero-order valence-electron chi connectivity index (χ0n) is 8.09. The molecule has 0 aliphatic carbocycles. The second kappa shape index (κ2) is 3.13. The van der Waals surface area contributed by atoms with Crippen molar-refractivity contribution in [3.05, 3.63) is 29.5 Å². The molecule has 3 nitrogen and oxygen atoms in total. The van der Waals surface area contributed by atoms with E-state index >= 15 is 0 Å². The summed E-state index contributed by atoms with van der Waals surface area (Å²) in [5.74, 6) is 0. The number of hydrogen-bond acceptors (Lipinski definition) is 2. The Labute approximate surface area is 81.5 Å². The molecule has 3 heteroatoms. The minimum atomic E-state index is 0.654. The predicted octanol–water partition coefficient (Wildman–Crippen LogP) is 2.75. The summed E-state index contributed by atoms with van der Waals surface area (Å²) in [6.45, 7) is 4.05. The fourth-order valence-corrected chi connectivity index (χ4v) is 1.72. The second-order valence-electron chi connectivity index (χ2n) is 3.38. The molecule has 0 fully saturated rings. The summed E-state index contributed by atoms with van der Waals surface area (Å²) in [6.07, 6.45) is 3.28. The Kier molecular flexibility index (Phi) is 1.95. The smallest absolute Gasteiger partial charge is 0.240 e. The van der Waals surface area contributed by atoms with E-state index in [-0.39, 0.29) is 0 Å². The van der Waals surface area contributed by atoms with Gasteiger partial charge in [-0.2, -0.15) is 4.99 Å². The highest BCUT2D eigenvalue weighted by Crippen LogP contribution is 2.28. The highest BCUT2D eigenvalue weighted by molar-refractivity contribution is 5.94. The van der Waals surface area contributed by atoms with Crippen LogP contribution in [0.1, 0.15) is 11.1 Å². The minimum absolute atomic E-state index is 0.654. The Balaban J connectivity index is 2.84. The molecule has 0 radical (unpaired) electrons. The van der Waals surface area contributed by atoms with Crippen molar-refractivity contribution in [1.29, 1.82) is 0 Å². The van der Waals surface area contributed by atoms with Crippen molar-refractivity contribution in [2.45, 2.75) is 13.8 Å². The van der Waals surface area contributed by atoms with Gasteiger partial charge >= 0.3 is 0 Å². The molecule has 0 aliphatic rings. The molecule has 70 valence electrons. The molecule has 1 aromatic heterocycles. The lowest BCUT2D eigenvalue weighted by Crippen LogP contribution is -1.78. The van der Waals surface area contributed by atoms with Crippen LogP contribution in [-0.4, -0.2) is 11.1 Å². The maximum Gasteiger partial charge on any atom is 0.240 e. The molecule has 0 atom stereocenters. The molecule has 0 spiro atoms. The summed E-state index contributed by atoms with van der Waals surface area (Å²) in [5.41, 5.74) is 4.01. The van der Waals surface area contributed by atoms with Gasteiger partial charge < -0.3 is 4.98 Å². The van der Waals surface area contributed by atoms with E-state index in [4.69, 9.17) is 0 Å². The SMILES string of the molecule is Cc1cc(C)c2[nH]cc(N=C=O)c2c1. The van der Waals surface area contributed by atoms with Crippen molar-refractivity contribution in [3.8, 4) is 0 Å². The van der Waals surface area contributed by atoms with Crippen molar-refractivity contribution < 1.29 is 4.79 Å². The lowest BCUT2D eigenvalue weighted by molar-refractivity contribution is 0.565. The van der Waals surface area contributed by atoms with Crippen LogP contribution in [0.3, 0.4) is 0 Å². The summed E-state index contributed by atoms with van der Waals surface area (Å²) >= 11 is 0. The third-order valence-corrected chi connectivity index (χ3v) is 2.28. The van der Waals surface area contributed by atoms with E-state index in [1.165, 1.54) is 0 Å². The largest absolute Gasteiger partial charge is 0.359 e. The van der Waals surface area contributed by atoms with Gasteiger partial charge in [0, 0.05) is 11.6 Å². The number of fused-ring (bicyclic) bond motifs is 1. The number of aromatic amines is 1. The van der Waals surface area contributed by atoms with Gasteiger partial charge in [0.25, 0.3) is 0 Å². The van der Waals surface area contributed by atoms with Crippen molar-refractivity contribution in [2.24, 2.45) is 4.99 Å². The number of H-pyrrole nitrogens is 1. The van der Waals surface area contributed by atoms with Gasteiger partial charge in [-0.15, -0.1) is 0 Å². The van der Waals surface area contributed by atoms with Gasteiger partial charge in [0.15, 0.2) is 0 Å². The van der Waals surface area contributed by atoms with Crippen molar-refractivity contribution in [1.82, 2.24) is 4.98 Å². The number of isocyanates is 1. The van der Waals surface area contributed by atoms with Crippen LogP contribution in [0, 0.1) is 13.8 Å². The minimum Gasteiger partial charge on any atom is -0.359 e. The van der Waals surface area contributed by atoms with Gasteiger partial charge in [0.05, 0.1) is 5.52 Å². The van der Waals surface area contributed by atoms with Crippen LogP contribution in [-0.2, 0) is 4.79 Å². The molecule has 0 aliphatic heterocycles. The van der Waals surface area contributed by atoms with E-state index in [1.807, 2.05) is 19.9 Å². The number of nitrogens with zero attached hydrogens (tertiary/aromatic N) is 1. The quantitative estimate of drug-likeness (QED) is 0.540. The highest BCUT2D eigenvalue weighted by Gasteiger charge is 2.05. The van der Waals surface area contributed by atoms with Crippen molar-refractivity contribution in [3.63, 3.8) is 0 Å². The molecule has 0 bridgehead atoms. The predicted molar refractivity (Wildman–Crippen MR) is 55.6 cm³/mol. The number of rotatable bonds is 1. The Morgan fingerprint density at radius 2 is 2.14 bits per heavy atom. The lowest BCUT2D eigenvalue weighted by atomic mass is 10.1. The van der Waals surface area contributed by atoms with E-state index in [1.54, 1.807) is 12.3 Å². The van der Waals surface area contributed by atoms with E-state index in [9.17, 15) is 4.79 Å². The topological polar surface area (TPSA) is 45.2 Å². The van der Waals surface area contributed by atoms with Crippen LogP contribution >= 0.6 is 0 Å². The normalized spacial score (nSPS) is 10.1. The van der Waals surface area contributed by atoms with Crippen LogP contribution in [0.4, 0.5) is 5.69 Å². The lowest BCUT2D eigenvalue weighted by Gasteiger charge is -1.98. The average Bonchev–Trinajstić information content (AvgIpc) is 2.49. The van der Waals surface area contributed by atoms with Gasteiger partial charge in [-0.1, -0.05) is 11.6 Å². The summed E-state index contributed by atoms with van der Waals surface area (Å²) in [7, 11) is 0. The summed E-state index contributed by atoms with van der Waals surface area (Å²) < 4.78 is 0. The molecular formula is C11H10N2O. The molecule has 1 heterocycles. The molecule has 0 amide bonds. The van der Waals surface area contributed by atoms with Gasteiger partial charge in [-0.3, -0.25) is 0 Å². The Bertz CT molecular complexity index is 533. The Hall–Kier alpha value is -1.86. The molecular weight excluding hydrogens is 176 g/mol. The fourth-order valence-electron chi connectivity index (χ4n) is 1.72. The Morgan fingerprint density at radius 1 is 1.36 bits per heavy atom. The number of hydrogen-bond donors (Lipinski definition) is 1. The van der Waals surface area contributed by atoms with E-state index in [2.05, 4.69) is 16.0 Å². The van der Waals surface area contributed by atoms with Crippen molar-refractivity contribution >= 4 is 22.7 Å². The zero-order valence-corrected chi connectivity index (χ0v) is 8.09. The first-order valence-corrected chi connectivity index (χ1v) is 4.38. The standard InChI is InChI=1S/C11H10N2O/c1-7-3-8(2)11-9(4-7)10(5-12-11)13-6-14/h3-5,12H,1-2H3. The number of benzene rings is 1. The number of aryl methyl sites for hydroxylation is 2. The number of aromatic nitrogens is 1. The molecule has 14 heavy (non-hydrogen) atoms. The van der Waals surface area contributed by atoms with Crippen LogP contribution in [0.5, 0.6) is 0 Å². The molecule has 0 unspecified atom stereocenters. The van der Waals surface area contributed by atoms with E-state index < -0.39 is 0 Å². The third kappa shape index (κ3) is 1.24. The molecule has 0 saturated heterocycles. The summed E-state index contributed by atoms with van der Waals surface area (Å²) in [6, 6.07) is 4.10. The van der Waals surface area contributed by atoms with Gasteiger partial charge in [0.2, 0.25) is 6.08 Å². The van der Waals surface area contributed by atoms with Crippen LogP contribution < -0.4 is 0 Å². The second-order valence-corrected chi connectivity index (χ2v) is 3.38. The van der Waals surface area contributed by atoms with Gasteiger partial charge in [0.1, 0.15) is 5.69 Å².